The molecule has 130 valence electrons. The van der Waals surface area contributed by atoms with Crippen molar-refractivity contribution in [3.8, 4) is 5.75 Å². The molecule has 1 heterocycles. The number of nitrogens with zero attached hydrogens (tertiary/aromatic N) is 1. The quantitative estimate of drug-likeness (QED) is 0.489. The molecule has 1 unspecified atom stereocenters. The first kappa shape index (κ1) is 18.5. The Labute approximate surface area is 147 Å². The first-order valence-electron chi connectivity index (χ1n) is 9.42. The predicted octanol–water partition coefficient (Wildman–Crippen LogP) is 6.15. The SMILES string of the molecule is CCCCCOc1ccc(C(C)c2ccc(CCCC)cn2)cc1. The Hall–Kier alpha value is -1.83. The lowest BCUT2D eigenvalue weighted by Gasteiger charge is -2.13. The van der Waals surface area contributed by atoms with Crippen molar-refractivity contribution in [3.05, 3.63) is 59.4 Å². The molecule has 0 saturated heterocycles. The van der Waals surface area contributed by atoms with E-state index < -0.39 is 0 Å². The molecule has 0 radical (unpaired) electrons. The summed E-state index contributed by atoms with van der Waals surface area (Å²) in [5, 5.41) is 0. The van der Waals surface area contributed by atoms with E-state index >= 15 is 0 Å². The summed E-state index contributed by atoms with van der Waals surface area (Å²) in [6.45, 7) is 7.45. The minimum Gasteiger partial charge on any atom is -0.494 e. The Bertz CT molecular complexity index is 574. The third-order valence-electron chi connectivity index (χ3n) is 4.51. The van der Waals surface area contributed by atoms with Gasteiger partial charge in [0.2, 0.25) is 0 Å². The highest BCUT2D eigenvalue weighted by Crippen LogP contribution is 2.25. The summed E-state index contributed by atoms with van der Waals surface area (Å²) < 4.78 is 5.79. The number of pyridine rings is 1. The van der Waals surface area contributed by atoms with Crippen LogP contribution in [0, 0.1) is 0 Å². The fourth-order valence-electron chi connectivity index (χ4n) is 2.79. The molecule has 0 aliphatic heterocycles. The topological polar surface area (TPSA) is 22.1 Å². The Morgan fingerprint density at radius 1 is 0.917 bits per heavy atom. The smallest absolute Gasteiger partial charge is 0.119 e. The molecular formula is C22H31NO. The van der Waals surface area contributed by atoms with Crippen LogP contribution < -0.4 is 4.74 Å². The molecule has 2 nitrogen and oxygen atoms in total. The molecule has 2 rings (SSSR count). The molecule has 0 fully saturated rings. The summed E-state index contributed by atoms with van der Waals surface area (Å²) in [5.41, 5.74) is 3.75. The van der Waals surface area contributed by atoms with Gasteiger partial charge in [-0.25, -0.2) is 0 Å². The van der Waals surface area contributed by atoms with Gasteiger partial charge in [-0.05, 0) is 48.6 Å². The lowest BCUT2D eigenvalue weighted by molar-refractivity contribution is 0.306. The third kappa shape index (κ3) is 5.67. The van der Waals surface area contributed by atoms with Crippen molar-refractivity contribution in [2.75, 3.05) is 6.61 Å². The van der Waals surface area contributed by atoms with E-state index in [0.717, 1.165) is 30.9 Å². The van der Waals surface area contributed by atoms with E-state index in [2.05, 4.69) is 62.2 Å². The molecule has 0 spiro atoms. The molecule has 0 aliphatic carbocycles. The molecule has 0 aliphatic rings. The van der Waals surface area contributed by atoms with Crippen molar-refractivity contribution >= 4 is 0 Å². The fraction of sp³-hybridized carbons (Fsp3) is 0.500. The van der Waals surface area contributed by atoms with Crippen LogP contribution >= 0.6 is 0 Å². The monoisotopic (exact) mass is 325 g/mol. The average molecular weight is 325 g/mol. The zero-order valence-electron chi connectivity index (χ0n) is 15.4. The molecule has 1 aromatic carbocycles. The number of aromatic nitrogens is 1. The van der Waals surface area contributed by atoms with Gasteiger partial charge in [-0.1, -0.05) is 58.2 Å². The Kier molecular flexibility index (Phi) is 7.81. The summed E-state index contributed by atoms with van der Waals surface area (Å²) >= 11 is 0. The highest BCUT2D eigenvalue weighted by atomic mass is 16.5. The van der Waals surface area contributed by atoms with E-state index in [4.69, 9.17) is 4.74 Å². The van der Waals surface area contributed by atoms with Gasteiger partial charge in [-0.2, -0.15) is 0 Å². The number of ether oxygens (including phenoxy) is 1. The van der Waals surface area contributed by atoms with Crippen molar-refractivity contribution < 1.29 is 4.74 Å². The van der Waals surface area contributed by atoms with Crippen LogP contribution in [0.4, 0.5) is 0 Å². The van der Waals surface area contributed by atoms with Gasteiger partial charge in [0.15, 0.2) is 0 Å². The van der Waals surface area contributed by atoms with E-state index in [1.807, 2.05) is 6.20 Å². The molecule has 24 heavy (non-hydrogen) atoms. The molecule has 1 aromatic heterocycles. The zero-order valence-corrected chi connectivity index (χ0v) is 15.4. The van der Waals surface area contributed by atoms with Gasteiger partial charge in [-0.3, -0.25) is 4.98 Å². The molecule has 2 heteroatoms. The number of aryl methyl sites for hydroxylation is 1. The van der Waals surface area contributed by atoms with Gasteiger partial charge in [0.25, 0.3) is 0 Å². The fourth-order valence-corrected chi connectivity index (χ4v) is 2.79. The van der Waals surface area contributed by atoms with Crippen LogP contribution in [0.1, 0.15) is 75.6 Å². The standard InChI is InChI=1S/C22H31NO/c1-4-6-8-16-24-21-13-11-20(12-14-21)18(3)22-15-10-19(17-23-22)9-7-5-2/h10-15,17-18H,4-9,16H2,1-3H3. The largest absolute Gasteiger partial charge is 0.494 e. The van der Waals surface area contributed by atoms with Gasteiger partial charge < -0.3 is 4.74 Å². The molecular weight excluding hydrogens is 294 g/mol. The second kappa shape index (κ2) is 10.1. The first-order chi connectivity index (χ1) is 11.7. The third-order valence-corrected chi connectivity index (χ3v) is 4.51. The Morgan fingerprint density at radius 3 is 2.29 bits per heavy atom. The van der Waals surface area contributed by atoms with Crippen LogP contribution in [-0.4, -0.2) is 11.6 Å². The van der Waals surface area contributed by atoms with Crippen LogP contribution in [0.25, 0.3) is 0 Å². The summed E-state index contributed by atoms with van der Waals surface area (Å²) in [7, 11) is 0. The second-order valence-corrected chi connectivity index (χ2v) is 6.54. The molecule has 2 aromatic rings. The molecule has 0 bridgehead atoms. The van der Waals surface area contributed by atoms with Crippen molar-refractivity contribution in [3.63, 3.8) is 0 Å². The summed E-state index contributed by atoms with van der Waals surface area (Å²) in [6, 6.07) is 12.9. The van der Waals surface area contributed by atoms with Gasteiger partial charge in [0, 0.05) is 17.8 Å². The normalized spacial score (nSPS) is 12.1. The number of rotatable bonds is 10. The number of hydrogen-bond donors (Lipinski definition) is 0. The zero-order chi connectivity index (χ0) is 17.2. The molecule has 0 N–H and O–H groups in total. The van der Waals surface area contributed by atoms with Crippen molar-refractivity contribution in [2.24, 2.45) is 0 Å². The highest BCUT2D eigenvalue weighted by molar-refractivity contribution is 5.33. The van der Waals surface area contributed by atoms with E-state index in [1.165, 1.54) is 36.8 Å². The molecule has 0 saturated carbocycles. The average Bonchev–Trinajstić information content (AvgIpc) is 2.64. The lowest BCUT2D eigenvalue weighted by atomic mass is 9.96. The van der Waals surface area contributed by atoms with Gasteiger partial charge >= 0.3 is 0 Å². The highest BCUT2D eigenvalue weighted by Gasteiger charge is 2.10. The lowest BCUT2D eigenvalue weighted by Crippen LogP contribution is -2.01. The summed E-state index contributed by atoms with van der Waals surface area (Å²) in [6.07, 6.45) is 9.21. The number of unbranched alkanes of at least 4 members (excludes halogenated alkanes) is 3. The minimum atomic E-state index is 0.305. The maximum Gasteiger partial charge on any atom is 0.119 e. The van der Waals surface area contributed by atoms with Crippen molar-refractivity contribution in [1.29, 1.82) is 0 Å². The van der Waals surface area contributed by atoms with Crippen LogP contribution in [0.15, 0.2) is 42.6 Å². The first-order valence-corrected chi connectivity index (χ1v) is 9.42. The van der Waals surface area contributed by atoms with Crippen molar-refractivity contribution in [1.82, 2.24) is 4.98 Å². The summed E-state index contributed by atoms with van der Waals surface area (Å²) in [4.78, 5) is 4.67. The van der Waals surface area contributed by atoms with E-state index in [9.17, 15) is 0 Å². The van der Waals surface area contributed by atoms with E-state index in [0.29, 0.717) is 5.92 Å². The van der Waals surface area contributed by atoms with Crippen LogP contribution in [0.5, 0.6) is 5.75 Å². The predicted molar refractivity (Wildman–Crippen MR) is 102 cm³/mol. The van der Waals surface area contributed by atoms with Crippen LogP contribution in [-0.2, 0) is 6.42 Å². The van der Waals surface area contributed by atoms with Gasteiger partial charge in [0.05, 0.1) is 6.61 Å². The van der Waals surface area contributed by atoms with Gasteiger partial charge in [0.1, 0.15) is 5.75 Å². The maximum absolute atomic E-state index is 5.79. The van der Waals surface area contributed by atoms with Crippen molar-refractivity contribution in [2.45, 2.75) is 65.2 Å². The minimum absolute atomic E-state index is 0.305. The number of benzene rings is 1. The number of hydrogen-bond acceptors (Lipinski definition) is 2. The van der Waals surface area contributed by atoms with E-state index in [-0.39, 0.29) is 0 Å². The second-order valence-electron chi connectivity index (χ2n) is 6.54. The maximum atomic E-state index is 5.79. The van der Waals surface area contributed by atoms with Crippen LogP contribution in [0.2, 0.25) is 0 Å². The Morgan fingerprint density at radius 2 is 1.67 bits per heavy atom. The summed E-state index contributed by atoms with van der Waals surface area (Å²) in [5.74, 6) is 1.27. The molecule has 1 atom stereocenters. The van der Waals surface area contributed by atoms with Crippen LogP contribution in [0.3, 0.4) is 0 Å². The molecule has 0 amide bonds. The Balaban J connectivity index is 1.92. The van der Waals surface area contributed by atoms with Gasteiger partial charge in [-0.15, -0.1) is 0 Å². The van der Waals surface area contributed by atoms with E-state index in [1.54, 1.807) is 0 Å².